The van der Waals surface area contributed by atoms with Crippen molar-refractivity contribution < 1.29 is 9.13 Å². The van der Waals surface area contributed by atoms with Crippen LogP contribution in [-0.2, 0) is 9.13 Å². The first kappa shape index (κ1) is 28.6. The Kier molecular flexibility index (Phi) is 8.19. The van der Waals surface area contributed by atoms with Gasteiger partial charge in [0, 0.05) is 36.5 Å². The van der Waals surface area contributed by atoms with Gasteiger partial charge in [-0.15, -0.1) is 11.3 Å². The summed E-state index contributed by atoms with van der Waals surface area (Å²) in [5.41, 5.74) is 0.971. The molecule has 0 saturated heterocycles. The smallest absolute Gasteiger partial charge is 0.167 e. The number of fused-ring (bicyclic) bond motifs is 1. The molecule has 1 aliphatic rings. The van der Waals surface area contributed by atoms with E-state index in [1.54, 1.807) is 11.3 Å². The van der Waals surface area contributed by atoms with Crippen molar-refractivity contribution in [2.24, 2.45) is 0 Å². The van der Waals surface area contributed by atoms with Gasteiger partial charge < -0.3 is 9.13 Å². The second-order valence-corrected chi connectivity index (χ2v) is 17.8. The fourth-order valence-corrected chi connectivity index (χ4v) is 12.6. The van der Waals surface area contributed by atoms with E-state index in [1.807, 2.05) is 97.1 Å². The Morgan fingerprint density at radius 1 is 0.762 bits per heavy atom. The molecule has 5 heteroatoms. The fraction of sp³-hybridized carbons (Fsp3) is 0.135. The van der Waals surface area contributed by atoms with Gasteiger partial charge in [-0.3, -0.25) is 0 Å². The molecule has 210 valence electrons. The van der Waals surface area contributed by atoms with Crippen LogP contribution in [0.25, 0.3) is 16.2 Å². The van der Waals surface area contributed by atoms with Gasteiger partial charge >= 0.3 is 0 Å². The monoisotopic (exact) mass is 604 g/mol. The van der Waals surface area contributed by atoms with Crippen LogP contribution < -0.4 is 21.2 Å². The second-order valence-electron chi connectivity index (χ2n) is 10.8. The maximum Gasteiger partial charge on any atom is 0.167 e. The molecule has 0 radical (unpaired) electrons. The molecule has 0 fully saturated rings. The average molecular weight is 605 g/mol. The van der Waals surface area contributed by atoms with E-state index in [2.05, 4.69) is 56.4 Å². The summed E-state index contributed by atoms with van der Waals surface area (Å²) in [6, 6.07) is 35.9. The summed E-state index contributed by atoms with van der Waals surface area (Å²) < 4.78 is 30.9. The molecular weight excluding hydrogens is 570 g/mol. The Balaban J connectivity index is 1.40. The lowest BCUT2D eigenvalue weighted by Crippen LogP contribution is -2.22. The molecule has 2 atom stereocenters. The first-order valence-electron chi connectivity index (χ1n) is 14.4. The van der Waals surface area contributed by atoms with E-state index < -0.39 is 14.3 Å². The Hall–Kier alpha value is -3.48. The molecular formula is C37H34O2P2S. The SMILES string of the molecule is Cc1c(/C=C\C(C)P(=O)(c2ccccc2)c2ccccc2)sc2ccc([P@@](=O)(C3=CC=CCC3)c3ccccc3)cc12. The number of hydrogen-bond donors (Lipinski definition) is 0. The normalized spacial score (nSPS) is 15.9. The minimum Gasteiger partial charge on any atom is -0.313 e. The van der Waals surface area contributed by atoms with E-state index in [0.717, 1.165) is 59.9 Å². The van der Waals surface area contributed by atoms with Crippen molar-refractivity contribution in [1.29, 1.82) is 0 Å². The van der Waals surface area contributed by atoms with Gasteiger partial charge in [-0.1, -0.05) is 122 Å². The van der Waals surface area contributed by atoms with Gasteiger partial charge in [-0.25, -0.2) is 0 Å². The largest absolute Gasteiger partial charge is 0.313 e. The molecule has 0 bridgehead atoms. The third kappa shape index (κ3) is 5.16. The topological polar surface area (TPSA) is 34.1 Å². The van der Waals surface area contributed by atoms with Crippen LogP contribution in [0.2, 0.25) is 0 Å². The molecule has 4 aromatic carbocycles. The lowest BCUT2D eigenvalue weighted by molar-refractivity contribution is 0.584. The first-order chi connectivity index (χ1) is 20.4. The molecule has 2 nitrogen and oxygen atoms in total. The quantitative estimate of drug-likeness (QED) is 0.166. The van der Waals surface area contributed by atoms with E-state index in [1.165, 1.54) is 0 Å². The van der Waals surface area contributed by atoms with Crippen LogP contribution in [0.15, 0.2) is 139 Å². The van der Waals surface area contributed by atoms with Crippen LogP contribution in [0.5, 0.6) is 0 Å². The van der Waals surface area contributed by atoms with Gasteiger partial charge in [0.2, 0.25) is 0 Å². The van der Waals surface area contributed by atoms with Crippen molar-refractivity contribution in [2.45, 2.75) is 32.3 Å². The summed E-state index contributed by atoms with van der Waals surface area (Å²) >= 11 is 1.73. The number of benzene rings is 4. The Morgan fingerprint density at radius 3 is 1.93 bits per heavy atom. The highest BCUT2D eigenvalue weighted by Crippen LogP contribution is 2.55. The van der Waals surface area contributed by atoms with Crippen LogP contribution in [0.3, 0.4) is 0 Å². The third-order valence-electron chi connectivity index (χ3n) is 8.22. The van der Waals surface area contributed by atoms with Crippen molar-refractivity contribution in [2.75, 3.05) is 0 Å². The van der Waals surface area contributed by atoms with Crippen LogP contribution in [0.1, 0.15) is 30.2 Å². The Bertz CT molecular complexity index is 1860. The van der Waals surface area contributed by atoms with Crippen molar-refractivity contribution in [3.8, 4) is 0 Å². The molecule has 1 aromatic heterocycles. The van der Waals surface area contributed by atoms with Gasteiger partial charge in [0.15, 0.2) is 7.14 Å². The van der Waals surface area contributed by atoms with E-state index in [-0.39, 0.29) is 5.66 Å². The van der Waals surface area contributed by atoms with Crippen LogP contribution >= 0.6 is 25.6 Å². The summed E-state index contributed by atoms with van der Waals surface area (Å²) in [7, 11) is -5.89. The summed E-state index contributed by atoms with van der Waals surface area (Å²) in [5, 5.41) is 5.64. The molecule has 1 aliphatic carbocycles. The lowest BCUT2D eigenvalue weighted by Gasteiger charge is -2.24. The maximum absolute atomic E-state index is 15.0. The minimum atomic E-state index is -2.98. The van der Waals surface area contributed by atoms with Gasteiger partial charge in [-0.2, -0.15) is 0 Å². The number of rotatable bonds is 8. The first-order valence-corrected chi connectivity index (χ1v) is 18.7. The highest BCUT2D eigenvalue weighted by Gasteiger charge is 2.33. The molecule has 0 amide bonds. The highest BCUT2D eigenvalue weighted by molar-refractivity contribution is 7.82. The molecule has 42 heavy (non-hydrogen) atoms. The third-order valence-corrected chi connectivity index (χ3v) is 16.1. The van der Waals surface area contributed by atoms with Gasteiger partial charge in [0.1, 0.15) is 7.14 Å². The summed E-state index contributed by atoms with van der Waals surface area (Å²) in [5.74, 6) is 0. The zero-order chi connectivity index (χ0) is 29.2. The van der Waals surface area contributed by atoms with Crippen molar-refractivity contribution in [3.05, 3.63) is 149 Å². The van der Waals surface area contributed by atoms with E-state index in [9.17, 15) is 9.13 Å². The molecule has 0 saturated carbocycles. The molecule has 5 aromatic rings. The Morgan fingerprint density at radius 2 is 1.36 bits per heavy atom. The molecule has 1 heterocycles. The number of allylic oxidation sites excluding steroid dienone is 5. The van der Waals surface area contributed by atoms with Gasteiger partial charge in [0.05, 0.1) is 0 Å². The predicted octanol–water partition coefficient (Wildman–Crippen LogP) is 9.17. The molecule has 0 N–H and O–H groups in total. The predicted molar refractivity (Wildman–Crippen MR) is 185 cm³/mol. The van der Waals surface area contributed by atoms with Crippen molar-refractivity contribution in [1.82, 2.24) is 0 Å². The Labute approximate surface area is 252 Å². The average Bonchev–Trinajstić information content (AvgIpc) is 3.38. The summed E-state index contributed by atoms with van der Waals surface area (Å²) in [4.78, 5) is 1.14. The molecule has 0 aliphatic heterocycles. The molecule has 0 spiro atoms. The van der Waals surface area contributed by atoms with Gasteiger partial charge in [-0.05, 0) is 60.3 Å². The number of thiophene rings is 1. The number of hydrogen-bond acceptors (Lipinski definition) is 3. The van der Waals surface area contributed by atoms with Crippen molar-refractivity contribution in [3.63, 3.8) is 0 Å². The summed E-state index contributed by atoms with van der Waals surface area (Å²) in [6.07, 6.45) is 12.2. The van der Waals surface area contributed by atoms with E-state index in [4.69, 9.17) is 0 Å². The second kappa shape index (κ2) is 12.0. The highest BCUT2D eigenvalue weighted by atomic mass is 32.1. The number of aryl methyl sites for hydroxylation is 1. The van der Waals surface area contributed by atoms with Crippen molar-refractivity contribution >= 4 is 63.0 Å². The minimum absolute atomic E-state index is 0.188. The van der Waals surface area contributed by atoms with Crippen LogP contribution in [-0.4, -0.2) is 5.66 Å². The molecule has 6 rings (SSSR count). The van der Waals surface area contributed by atoms with E-state index in [0.29, 0.717) is 0 Å². The van der Waals surface area contributed by atoms with Crippen LogP contribution in [0.4, 0.5) is 0 Å². The standard InChI is InChI=1S/C37H34O2P2S/c1-28(40(38,30-15-7-3-8-16-30)31-17-9-4-10-18-31)23-25-36-29(2)35-27-34(24-26-37(35)42-36)41(39,32-19-11-5-12-20-32)33-21-13-6-14-22-33/h3-13,15-21,23-28H,14,22H2,1-2H3/b25-23-/t28?,41-/m0/s1. The van der Waals surface area contributed by atoms with E-state index >= 15 is 0 Å². The zero-order valence-corrected chi connectivity index (χ0v) is 26.5. The summed E-state index contributed by atoms with van der Waals surface area (Å²) in [6.45, 7) is 4.19. The van der Waals surface area contributed by atoms with Crippen LogP contribution in [0, 0.1) is 6.92 Å². The fourth-order valence-electron chi connectivity index (χ4n) is 5.82. The van der Waals surface area contributed by atoms with Gasteiger partial charge in [0.25, 0.3) is 0 Å². The molecule has 1 unspecified atom stereocenters. The lowest BCUT2D eigenvalue weighted by atomic mass is 10.1. The maximum atomic E-state index is 15.0. The zero-order valence-electron chi connectivity index (χ0n) is 23.9.